The molecule has 0 aromatic rings. The maximum Gasteiger partial charge on any atom is 0.184 e. The van der Waals surface area contributed by atoms with Crippen molar-refractivity contribution in [1.82, 2.24) is 0 Å². The van der Waals surface area contributed by atoms with Crippen LogP contribution in [0.15, 0.2) is 0 Å². The van der Waals surface area contributed by atoms with Crippen molar-refractivity contribution in [1.29, 1.82) is 0 Å². The molecule has 13 atom stereocenters. The Morgan fingerprint density at radius 2 is 1.65 bits per heavy atom. The summed E-state index contributed by atoms with van der Waals surface area (Å²) in [6.07, 6.45) is -17.5. The Kier molecular flexibility index (Phi) is 11.0. The van der Waals surface area contributed by atoms with E-state index in [1.54, 1.807) is 0 Å². The Bertz CT molecular complexity index is 612. The Morgan fingerprint density at radius 3 is 2.21 bits per heavy atom. The molecular weight excluding hydrogens is 464 g/mol. The molecule has 5 unspecified atom stereocenters. The fourth-order valence-electron chi connectivity index (χ4n) is 4.28. The summed E-state index contributed by atoms with van der Waals surface area (Å²) >= 11 is 0. The summed E-state index contributed by atoms with van der Waals surface area (Å²) in [4.78, 5) is 0. The van der Waals surface area contributed by atoms with Gasteiger partial charge in [-0.25, -0.2) is 0 Å². The number of hydrogen-bond acceptors (Lipinski definition) is 14. The Hall–Kier alpha value is -0.560. The van der Waals surface area contributed by atoms with E-state index in [0.717, 1.165) is 0 Å². The maximum atomic E-state index is 11.3. The first kappa shape index (κ1) is 29.7. The highest BCUT2D eigenvalue weighted by molar-refractivity contribution is 5.01. The van der Waals surface area contributed by atoms with Crippen LogP contribution in [0.25, 0.3) is 0 Å². The SMILES string of the molecule is COC(CC(OC)[C@@]1(O)C[C@@H](O)[C@@H](O[C@H]2[C@H](O)[C@@H](O)OC[C@@H]2O)O[C@@H]1C)C(O)C(O)C(O)CO. The Morgan fingerprint density at radius 1 is 1.00 bits per heavy atom. The average Bonchev–Trinajstić information content (AvgIpc) is 2.81. The van der Waals surface area contributed by atoms with Gasteiger partial charge >= 0.3 is 0 Å². The lowest BCUT2D eigenvalue weighted by Gasteiger charge is -2.49. The van der Waals surface area contributed by atoms with Gasteiger partial charge in [0.05, 0.1) is 31.5 Å². The van der Waals surface area contributed by atoms with Gasteiger partial charge in [-0.2, -0.15) is 0 Å². The van der Waals surface area contributed by atoms with Gasteiger partial charge in [-0.1, -0.05) is 0 Å². The molecule has 0 aromatic carbocycles. The zero-order valence-electron chi connectivity index (χ0n) is 19.3. The van der Waals surface area contributed by atoms with Crippen molar-refractivity contribution in [2.75, 3.05) is 27.4 Å². The zero-order valence-corrected chi connectivity index (χ0v) is 19.3. The summed E-state index contributed by atoms with van der Waals surface area (Å²) in [7, 11) is 2.51. The summed E-state index contributed by atoms with van der Waals surface area (Å²) < 4.78 is 26.5. The van der Waals surface area contributed by atoms with Gasteiger partial charge in [-0.15, -0.1) is 0 Å². The quantitative estimate of drug-likeness (QED) is 0.129. The molecule has 0 spiro atoms. The number of ether oxygens (including phenoxy) is 5. The second-order valence-corrected chi connectivity index (χ2v) is 8.76. The monoisotopic (exact) mass is 502 g/mol. The number of rotatable bonds is 11. The normalized spacial score (nSPS) is 41.5. The van der Waals surface area contributed by atoms with Crippen LogP contribution in [0.3, 0.4) is 0 Å². The third-order valence-electron chi connectivity index (χ3n) is 6.53. The lowest BCUT2D eigenvalue weighted by molar-refractivity contribution is -0.346. The van der Waals surface area contributed by atoms with Crippen LogP contribution in [0.1, 0.15) is 19.8 Å². The Balaban J connectivity index is 2.11. The molecule has 2 fully saturated rings. The fraction of sp³-hybridized carbons (Fsp3) is 1.00. The van der Waals surface area contributed by atoms with Crippen LogP contribution in [0.4, 0.5) is 0 Å². The molecule has 0 aromatic heterocycles. The van der Waals surface area contributed by atoms with E-state index in [1.165, 1.54) is 21.1 Å². The second kappa shape index (κ2) is 12.6. The number of methoxy groups -OCH3 is 2. The predicted molar refractivity (Wildman–Crippen MR) is 110 cm³/mol. The molecule has 0 radical (unpaired) electrons. The molecule has 0 saturated carbocycles. The first-order chi connectivity index (χ1) is 15.9. The summed E-state index contributed by atoms with van der Waals surface area (Å²) in [6, 6.07) is 0. The Labute approximate surface area is 196 Å². The molecule has 2 saturated heterocycles. The van der Waals surface area contributed by atoms with Crippen molar-refractivity contribution in [2.24, 2.45) is 0 Å². The standard InChI is InChI=1S/C20H38O14/c1-8-20(29,13(31-3)4-12(30-2)15(26)14(25)10(23)6-21)5-9(22)19(33-8)34-17-11(24)7-32-18(28)16(17)27/h8-19,21-29H,4-7H2,1-3H3/t8-,9-,10?,11+,12?,13?,14?,15?,16+,17-,18+,19-,20-/m1/s1. The molecule has 2 rings (SSSR count). The molecule has 14 heteroatoms. The maximum absolute atomic E-state index is 11.3. The van der Waals surface area contributed by atoms with Crippen LogP contribution in [-0.2, 0) is 23.7 Å². The molecule has 2 aliphatic heterocycles. The first-order valence-electron chi connectivity index (χ1n) is 11.0. The van der Waals surface area contributed by atoms with Gasteiger partial charge in [0.25, 0.3) is 0 Å². The van der Waals surface area contributed by atoms with Crippen molar-refractivity contribution in [3.05, 3.63) is 0 Å². The zero-order chi connectivity index (χ0) is 25.8. The van der Waals surface area contributed by atoms with Gasteiger partial charge in [-0.3, -0.25) is 0 Å². The van der Waals surface area contributed by atoms with Gasteiger partial charge in [0, 0.05) is 27.1 Å². The van der Waals surface area contributed by atoms with Crippen molar-refractivity contribution >= 4 is 0 Å². The highest BCUT2D eigenvalue weighted by Crippen LogP contribution is 2.37. The van der Waals surface area contributed by atoms with E-state index in [4.69, 9.17) is 28.8 Å². The molecule has 0 bridgehead atoms. The molecule has 0 aliphatic carbocycles. The number of hydrogen-bond donors (Lipinski definition) is 9. The molecule has 2 heterocycles. The van der Waals surface area contributed by atoms with E-state index in [0.29, 0.717) is 0 Å². The van der Waals surface area contributed by atoms with Gasteiger partial charge in [0.2, 0.25) is 0 Å². The van der Waals surface area contributed by atoms with Gasteiger partial charge in [-0.05, 0) is 6.92 Å². The molecule has 202 valence electrons. The van der Waals surface area contributed by atoms with Crippen LogP contribution in [0.2, 0.25) is 0 Å². The minimum Gasteiger partial charge on any atom is -0.394 e. The minimum atomic E-state index is -1.84. The molecule has 14 nitrogen and oxygen atoms in total. The average molecular weight is 503 g/mol. The van der Waals surface area contributed by atoms with Crippen molar-refractivity contribution in [3.63, 3.8) is 0 Å². The van der Waals surface area contributed by atoms with Gasteiger partial charge in [0.1, 0.15) is 48.3 Å². The van der Waals surface area contributed by atoms with E-state index in [-0.39, 0.29) is 19.4 Å². The third kappa shape index (κ3) is 6.41. The van der Waals surface area contributed by atoms with E-state index in [9.17, 15) is 40.9 Å². The van der Waals surface area contributed by atoms with E-state index in [1.807, 2.05) is 0 Å². The highest BCUT2D eigenvalue weighted by Gasteiger charge is 2.53. The van der Waals surface area contributed by atoms with Crippen LogP contribution in [-0.4, -0.2) is 153 Å². The third-order valence-corrected chi connectivity index (χ3v) is 6.53. The summed E-state index contributed by atoms with van der Waals surface area (Å²) in [5.74, 6) is 0. The minimum absolute atomic E-state index is 0.199. The highest BCUT2D eigenvalue weighted by atomic mass is 16.7. The van der Waals surface area contributed by atoms with Gasteiger partial charge < -0.3 is 69.6 Å². The first-order valence-corrected chi connectivity index (χ1v) is 11.0. The second-order valence-electron chi connectivity index (χ2n) is 8.76. The molecule has 9 N–H and O–H groups in total. The number of aliphatic hydroxyl groups is 9. The smallest absolute Gasteiger partial charge is 0.184 e. The van der Waals surface area contributed by atoms with Crippen LogP contribution < -0.4 is 0 Å². The van der Waals surface area contributed by atoms with Crippen LogP contribution in [0, 0.1) is 0 Å². The largest absolute Gasteiger partial charge is 0.394 e. The molecular formula is C20H38O14. The summed E-state index contributed by atoms with van der Waals surface area (Å²) in [5, 5.41) is 90.6. The topological polar surface area (TPSA) is 228 Å². The van der Waals surface area contributed by atoms with Crippen molar-refractivity contribution < 1.29 is 69.6 Å². The van der Waals surface area contributed by atoms with E-state index in [2.05, 4.69) is 0 Å². The number of aliphatic hydroxyl groups excluding tert-OH is 8. The van der Waals surface area contributed by atoms with Crippen molar-refractivity contribution in [3.8, 4) is 0 Å². The van der Waals surface area contributed by atoms with E-state index >= 15 is 0 Å². The van der Waals surface area contributed by atoms with Gasteiger partial charge in [0.15, 0.2) is 12.6 Å². The lowest BCUT2D eigenvalue weighted by atomic mass is 9.79. The summed E-state index contributed by atoms with van der Waals surface area (Å²) in [6.45, 7) is 0.370. The fourth-order valence-corrected chi connectivity index (χ4v) is 4.28. The predicted octanol–water partition coefficient (Wildman–Crippen LogP) is -4.84. The van der Waals surface area contributed by atoms with Crippen LogP contribution >= 0.6 is 0 Å². The van der Waals surface area contributed by atoms with Crippen molar-refractivity contribution in [2.45, 2.75) is 99.0 Å². The van der Waals surface area contributed by atoms with E-state index < -0.39 is 85.8 Å². The summed E-state index contributed by atoms with van der Waals surface area (Å²) in [5.41, 5.74) is -1.84. The molecule has 2 aliphatic rings. The molecule has 34 heavy (non-hydrogen) atoms. The van der Waals surface area contributed by atoms with Crippen LogP contribution in [0.5, 0.6) is 0 Å². The molecule has 0 amide bonds. The lowest BCUT2D eigenvalue weighted by Crippen LogP contribution is -2.64.